The zero-order chi connectivity index (χ0) is 15.9. The standard InChI is InChI=1S/C17H21N3O2/c1-12(2)10-16(18)17(21)20-13-4-3-5-15(11-13)22-14-6-8-19-9-7-14/h3-9,11-12,16H,10,18H2,1-2H3,(H,20,21)/t16-/m0/s1. The minimum Gasteiger partial charge on any atom is -0.457 e. The van der Waals surface area contributed by atoms with Crippen LogP contribution in [-0.4, -0.2) is 16.9 Å². The van der Waals surface area contributed by atoms with E-state index in [0.29, 0.717) is 29.5 Å². The number of hydrogen-bond donors (Lipinski definition) is 2. The second-order valence-corrected chi connectivity index (χ2v) is 5.54. The molecule has 1 aromatic carbocycles. The molecule has 22 heavy (non-hydrogen) atoms. The fourth-order valence-corrected chi connectivity index (χ4v) is 2.03. The quantitative estimate of drug-likeness (QED) is 0.858. The molecule has 0 radical (unpaired) electrons. The molecule has 5 nitrogen and oxygen atoms in total. The highest BCUT2D eigenvalue weighted by atomic mass is 16.5. The van der Waals surface area contributed by atoms with E-state index in [0.717, 1.165) is 0 Å². The number of hydrogen-bond acceptors (Lipinski definition) is 4. The van der Waals surface area contributed by atoms with Crippen LogP contribution < -0.4 is 15.8 Å². The Morgan fingerprint density at radius 2 is 1.95 bits per heavy atom. The first-order chi connectivity index (χ1) is 10.5. The van der Waals surface area contributed by atoms with Gasteiger partial charge in [-0.05, 0) is 36.6 Å². The number of benzene rings is 1. The Hall–Kier alpha value is -2.40. The zero-order valence-corrected chi connectivity index (χ0v) is 12.8. The molecule has 0 saturated carbocycles. The molecule has 1 amide bonds. The van der Waals surface area contributed by atoms with Gasteiger partial charge in [0.25, 0.3) is 0 Å². The molecule has 0 fully saturated rings. The minimum atomic E-state index is -0.509. The van der Waals surface area contributed by atoms with Gasteiger partial charge in [0, 0.05) is 24.1 Å². The van der Waals surface area contributed by atoms with Gasteiger partial charge < -0.3 is 15.8 Å². The number of nitrogens with two attached hydrogens (primary N) is 1. The smallest absolute Gasteiger partial charge is 0.241 e. The first kappa shape index (κ1) is 16.0. The summed E-state index contributed by atoms with van der Waals surface area (Å²) < 4.78 is 5.70. The average molecular weight is 299 g/mol. The minimum absolute atomic E-state index is 0.185. The molecule has 1 aromatic heterocycles. The Labute approximate surface area is 130 Å². The van der Waals surface area contributed by atoms with E-state index in [2.05, 4.69) is 10.3 Å². The summed E-state index contributed by atoms with van der Waals surface area (Å²) in [6.45, 7) is 4.08. The largest absolute Gasteiger partial charge is 0.457 e. The lowest BCUT2D eigenvalue weighted by atomic mass is 10.0. The topological polar surface area (TPSA) is 77.2 Å². The van der Waals surface area contributed by atoms with Crippen LogP contribution in [0.2, 0.25) is 0 Å². The summed E-state index contributed by atoms with van der Waals surface area (Å²) in [4.78, 5) is 16.0. The molecule has 5 heteroatoms. The molecule has 0 spiro atoms. The fourth-order valence-electron chi connectivity index (χ4n) is 2.03. The van der Waals surface area contributed by atoms with Crippen LogP contribution in [0.3, 0.4) is 0 Å². The first-order valence-electron chi connectivity index (χ1n) is 7.29. The molecule has 2 rings (SSSR count). The SMILES string of the molecule is CC(C)C[C@H](N)C(=O)Nc1cccc(Oc2ccncc2)c1. The molecule has 116 valence electrons. The second kappa shape index (κ2) is 7.56. The summed E-state index contributed by atoms with van der Waals surface area (Å²) >= 11 is 0. The number of amides is 1. The van der Waals surface area contributed by atoms with Crippen molar-refractivity contribution in [2.45, 2.75) is 26.3 Å². The van der Waals surface area contributed by atoms with Crippen LogP contribution in [0.5, 0.6) is 11.5 Å². The molecule has 3 N–H and O–H groups in total. The summed E-state index contributed by atoms with van der Waals surface area (Å²) in [6, 6.07) is 10.2. The molecule has 0 aliphatic carbocycles. The number of pyridine rings is 1. The van der Waals surface area contributed by atoms with Crippen molar-refractivity contribution < 1.29 is 9.53 Å². The van der Waals surface area contributed by atoms with Gasteiger partial charge in [-0.1, -0.05) is 19.9 Å². The van der Waals surface area contributed by atoms with Crippen LogP contribution >= 0.6 is 0 Å². The van der Waals surface area contributed by atoms with Gasteiger partial charge in [-0.2, -0.15) is 0 Å². The fraction of sp³-hybridized carbons (Fsp3) is 0.294. The van der Waals surface area contributed by atoms with Crippen molar-refractivity contribution in [3.63, 3.8) is 0 Å². The molecular formula is C17H21N3O2. The summed E-state index contributed by atoms with van der Waals surface area (Å²) in [7, 11) is 0. The number of aromatic nitrogens is 1. The number of nitrogens with zero attached hydrogens (tertiary/aromatic N) is 1. The van der Waals surface area contributed by atoms with E-state index in [1.54, 1.807) is 36.7 Å². The van der Waals surface area contributed by atoms with Crippen LogP contribution in [0.15, 0.2) is 48.8 Å². The second-order valence-electron chi connectivity index (χ2n) is 5.54. The van der Waals surface area contributed by atoms with Crippen molar-refractivity contribution in [3.05, 3.63) is 48.8 Å². The molecule has 0 saturated heterocycles. The normalized spacial score (nSPS) is 12.0. The summed E-state index contributed by atoms with van der Waals surface area (Å²) in [6.07, 6.45) is 3.97. The van der Waals surface area contributed by atoms with Gasteiger partial charge in [0.15, 0.2) is 0 Å². The van der Waals surface area contributed by atoms with Crippen molar-refractivity contribution in [1.82, 2.24) is 4.98 Å². The highest BCUT2D eigenvalue weighted by Gasteiger charge is 2.15. The molecule has 0 aliphatic heterocycles. The van der Waals surface area contributed by atoms with Crippen molar-refractivity contribution in [2.24, 2.45) is 11.7 Å². The molecule has 2 aromatic rings. The number of anilines is 1. The maximum Gasteiger partial charge on any atom is 0.241 e. The van der Waals surface area contributed by atoms with Crippen molar-refractivity contribution >= 4 is 11.6 Å². The van der Waals surface area contributed by atoms with E-state index in [-0.39, 0.29) is 5.91 Å². The Morgan fingerprint density at radius 1 is 1.23 bits per heavy atom. The van der Waals surface area contributed by atoms with Gasteiger partial charge in [-0.25, -0.2) is 0 Å². The maximum absolute atomic E-state index is 12.0. The van der Waals surface area contributed by atoms with Crippen molar-refractivity contribution in [2.75, 3.05) is 5.32 Å². The molecule has 0 unspecified atom stereocenters. The van der Waals surface area contributed by atoms with E-state index in [9.17, 15) is 4.79 Å². The predicted octanol–water partition coefficient (Wildman–Crippen LogP) is 3.19. The number of carbonyl (C=O) groups excluding carboxylic acids is 1. The van der Waals surface area contributed by atoms with E-state index in [1.807, 2.05) is 26.0 Å². The van der Waals surface area contributed by atoms with Crippen LogP contribution in [0.1, 0.15) is 20.3 Å². The van der Waals surface area contributed by atoms with Crippen LogP contribution in [0.25, 0.3) is 0 Å². The van der Waals surface area contributed by atoms with Crippen LogP contribution in [0, 0.1) is 5.92 Å². The van der Waals surface area contributed by atoms with Crippen LogP contribution in [0.4, 0.5) is 5.69 Å². The average Bonchev–Trinajstić information content (AvgIpc) is 2.48. The lowest BCUT2D eigenvalue weighted by Gasteiger charge is -2.14. The third-order valence-electron chi connectivity index (χ3n) is 3.05. The number of nitrogens with one attached hydrogen (secondary N) is 1. The highest BCUT2D eigenvalue weighted by Crippen LogP contribution is 2.23. The summed E-state index contributed by atoms with van der Waals surface area (Å²) in [5, 5.41) is 2.82. The number of carbonyl (C=O) groups is 1. The lowest BCUT2D eigenvalue weighted by Crippen LogP contribution is -2.36. The van der Waals surface area contributed by atoms with Gasteiger partial charge in [-0.15, -0.1) is 0 Å². The third-order valence-corrected chi connectivity index (χ3v) is 3.05. The van der Waals surface area contributed by atoms with Gasteiger partial charge in [0.05, 0.1) is 6.04 Å². The Balaban J connectivity index is 2.01. The van der Waals surface area contributed by atoms with E-state index in [4.69, 9.17) is 10.5 Å². The summed E-state index contributed by atoms with van der Waals surface area (Å²) in [5.74, 6) is 1.52. The first-order valence-corrected chi connectivity index (χ1v) is 7.29. The molecule has 1 atom stereocenters. The predicted molar refractivity (Wildman–Crippen MR) is 86.8 cm³/mol. The monoisotopic (exact) mass is 299 g/mol. The third kappa shape index (κ3) is 4.86. The molecular weight excluding hydrogens is 278 g/mol. The Bertz CT molecular complexity index is 614. The van der Waals surface area contributed by atoms with E-state index in [1.165, 1.54) is 0 Å². The van der Waals surface area contributed by atoms with Crippen LogP contribution in [-0.2, 0) is 4.79 Å². The highest BCUT2D eigenvalue weighted by molar-refractivity contribution is 5.94. The summed E-state index contributed by atoms with van der Waals surface area (Å²) in [5.41, 5.74) is 6.54. The van der Waals surface area contributed by atoms with E-state index >= 15 is 0 Å². The maximum atomic E-state index is 12.0. The molecule has 0 bridgehead atoms. The van der Waals surface area contributed by atoms with Gasteiger partial charge >= 0.3 is 0 Å². The Kier molecular flexibility index (Phi) is 5.49. The number of ether oxygens (including phenoxy) is 1. The number of rotatable bonds is 6. The Morgan fingerprint density at radius 3 is 2.64 bits per heavy atom. The lowest BCUT2D eigenvalue weighted by molar-refractivity contribution is -0.117. The zero-order valence-electron chi connectivity index (χ0n) is 12.8. The molecule has 1 heterocycles. The van der Waals surface area contributed by atoms with Crippen molar-refractivity contribution in [1.29, 1.82) is 0 Å². The molecule has 0 aliphatic rings. The van der Waals surface area contributed by atoms with Gasteiger partial charge in [0.1, 0.15) is 11.5 Å². The van der Waals surface area contributed by atoms with Gasteiger partial charge in [-0.3, -0.25) is 9.78 Å². The van der Waals surface area contributed by atoms with Crippen molar-refractivity contribution in [3.8, 4) is 11.5 Å². The van der Waals surface area contributed by atoms with Gasteiger partial charge in [0.2, 0.25) is 5.91 Å². The van der Waals surface area contributed by atoms with E-state index < -0.39 is 6.04 Å².